The van der Waals surface area contributed by atoms with Gasteiger partial charge in [0.05, 0.1) is 18.0 Å². The highest BCUT2D eigenvalue weighted by Gasteiger charge is 2.60. The second-order valence-electron chi connectivity index (χ2n) is 10.9. The Kier molecular flexibility index (Phi) is 6.29. The van der Waals surface area contributed by atoms with Crippen molar-refractivity contribution in [3.63, 3.8) is 0 Å². The molecule has 34 heavy (non-hydrogen) atoms. The van der Waals surface area contributed by atoms with Gasteiger partial charge in [0.25, 0.3) is 0 Å². The second-order valence-corrected chi connectivity index (χ2v) is 12.2. The van der Waals surface area contributed by atoms with Gasteiger partial charge in [-0.25, -0.2) is 4.79 Å². The second kappa shape index (κ2) is 8.97. The van der Waals surface area contributed by atoms with E-state index in [1.807, 2.05) is 20.8 Å². The molecule has 0 aromatic rings. The van der Waals surface area contributed by atoms with Crippen molar-refractivity contribution in [2.45, 2.75) is 82.7 Å². The molecule has 1 aliphatic carbocycles. The third-order valence-electron chi connectivity index (χ3n) is 8.72. The average Bonchev–Trinajstić information content (AvgIpc) is 3.58. The Balaban J connectivity index is 1.26. The molecule has 8 atom stereocenters. The number of carboxylic acids is 1. The molecule has 0 aromatic carbocycles. The van der Waals surface area contributed by atoms with Crippen LogP contribution in [0.1, 0.15) is 59.3 Å². The van der Waals surface area contributed by atoms with E-state index in [2.05, 4.69) is 10.2 Å². The molecular formula is C25H35N3O5S. The van der Waals surface area contributed by atoms with Crippen molar-refractivity contribution in [2.75, 3.05) is 13.1 Å². The monoisotopic (exact) mass is 489 g/mol. The van der Waals surface area contributed by atoms with E-state index < -0.39 is 5.97 Å². The maximum atomic E-state index is 13.1. The SMILES string of the molecule is CCC(=O)C[C@H](C)[C@H]1C(=O)N2C(C(=O)O)=C(S[C@@H]3CN[C@H](C(=O)N4CC5CCC4C5)C3)[C@H](C)[C@H]12. The molecule has 2 amide bonds. The minimum absolute atomic E-state index is 0.0897. The van der Waals surface area contributed by atoms with Crippen LogP contribution in [0.15, 0.2) is 10.6 Å². The number of β-lactam (4-membered cyclic amide) rings is 1. The lowest BCUT2D eigenvalue weighted by molar-refractivity contribution is -0.160. The van der Waals surface area contributed by atoms with Gasteiger partial charge in [0.2, 0.25) is 11.8 Å². The van der Waals surface area contributed by atoms with Crippen LogP contribution >= 0.6 is 11.8 Å². The van der Waals surface area contributed by atoms with Crippen LogP contribution in [0.3, 0.4) is 0 Å². The van der Waals surface area contributed by atoms with Crippen molar-refractivity contribution in [3.05, 3.63) is 10.6 Å². The van der Waals surface area contributed by atoms with Crippen molar-refractivity contribution >= 4 is 35.3 Å². The van der Waals surface area contributed by atoms with Gasteiger partial charge in [0, 0.05) is 48.0 Å². The minimum Gasteiger partial charge on any atom is -0.477 e. The predicted octanol–water partition coefficient (Wildman–Crippen LogP) is 2.24. The van der Waals surface area contributed by atoms with Gasteiger partial charge < -0.3 is 20.2 Å². The zero-order valence-electron chi connectivity index (χ0n) is 20.2. The van der Waals surface area contributed by atoms with Gasteiger partial charge in [-0.3, -0.25) is 14.4 Å². The molecule has 4 heterocycles. The Morgan fingerprint density at radius 2 is 2.00 bits per heavy atom. The normalized spacial score (nSPS) is 37.3. The number of hydrogen-bond acceptors (Lipinski definition) is 6. The molecular weight excluding hydrogens is 454 g/mol. The number of amides is 2. The van der Waals surface area contributed by atoms with Crippen molar-refractivity contribution < 1.29 is 24.3 Å². The Bertz CT molecular complexity index is 951. The van der Waals surface area contributed by atoms with E-state index in [0.29, 0.717) is 37.8 Å². The minimum atomic E-state index is -1.08. The number of nitrogens with zero attached hydrogens (tertiary/aromatic N) is 2. The number of fused-ring (bicyclic) bond motifs is 3. The molecule has 1 saturated carbocycles. The van der Waals surface area contributed by atoms with Gasteiger partial charge in [-0.1, -0.05) is 20.8 Å². The van der Waals surface area contributed by atoms with Gasteiger partial charge >= 0.3 is 5.97 Å². The van der Waals surface area contributed by atoms with Crippen LogP contribution in [0, 0.1) is 23.7 Å². The quantitative estimate of drug-likeness (QED) is 0.504. The molecule has 0 radical (unpaired) electrons. The number of thioether (sulfide) groups is 1. The standard InChI is InChI=1S/C25H35N3O5S/c1-4-16(29)7-12(2)19-20-13(3)22(21(25(32)33)28(20)24(19)31)34-17-9-18(26-10-17)23(30)27-11-14-5-6-15(27)8-14/h12-15,17-20,26H,4-11H2,1-3H3,(H,32,33)/t12-,13+,14?,15?,17-,18-,19+,20+/m0/s1. The number of rotatable bonds is 8. The number of aliphatic carboxylic acids is 1. The van der Waals surface area contributed by atoms with E-state index in [1.165, 1.54) is 23.1 Å². The Hall–Kier alpha value is -1.87. The first kappa shape index (κ1) is 23.9. The summed E-state index contributed by atoms with van der Waals surface area (Å²) in [6.45, 7) is 7.27. The van der Waals surface area contributed by atoms with Crippen molar-refractivity contribution in [2.24, 2.45) is 23.7 Å². The highest BCUT2D eigenvalue weighted by atomic mass is 32.2. The highest BCUT2D eigenvalue weighted by Crippen LogP contribution is 2.53. The van der Waals surface area contributed by atoms with Crippen LogP contribution in [0.25, 0.3) is 0 Å². The fraction of sp³-hybridized carbons (Fsp3) is 0.760. The maximum Gasteiger partial charge on any atom is 0.353 e. The van der Waals surface area contributed by atoms with Crippen LogP contribution in [0.5, 0.6) is 0 Å². The number of carbonyl (C=O) groups is 4. The van der Waals surface area contributed by atoms with Crippen molar-refractivity contribution in [1.82, 2.24) is 15.1 Å². The van der Waals surface area contributed by atoms with E-state index in [1.54, 1.807) is 0 Å². The maximum absolute atomic E-state index is 13.1. The number of ketones is 1. The molecule has 5 aliphatic rings. The summed E-state index contributed by atoms with van der Waals surface area (Å²) in [5.74, 6) is -0.792. The highest BCUT2D eigenvalue weighted by molar-refractivity contribution is 8.03. The fourth-order valence-corrected chi connectivity index (χ4v) is 8.43. The van der Waals surface area contributed by atoms with Crippen molar-refractivity contribution in [3.8, 4) is 0 Å². The number of nitrogens with one attached hydrogen (secondary N) is 1. The summed E-state index contributed by atoms with van der Waals surface area (Å²) in [6, 6.07) is -0.0169. The smallest absolute Gasteiger partial charge is 0.353 e. The van der Waals surface area contributed by atoms with Gasteiger partial charge in [-0.05, 0) is 37.5 Å². The van der Waals surface area contributed by atoms with E-state index in [4.69, 9.17) is 0 Å². The number of Topliss-reactive ketones (excluding diaryl/α,β-unsaturated/α-hetero) is 1. The van der Waals surface area contributed by atoms with Gasteiger partial charge in [0.15, 0.2) is 0 Å². The third-order valence-corrected chi connectivity index (χ3v) is 10.2. The summed E-state index contributed by atoms with van der Waals surface area (Å²) in [5, 5.41) is 13.4. The van der Waals surface area contributed by atoms with E-state index in [-0.39, 0.29) is 58.4 Å². The Morgan fingerprint density at radius 3 is 2.62 bits per heavy atom. The van der Waals surface area contributed by atoms with Crippen LogP contribution < -0.4 is 5.32 Å². The first-order valence-corrected chi connectivity index (χ1v) is 13.6. The molecule has 2 unspecified atom stereocenters. The summed E-state index contributed by atoms with van der Waals surface area (Å²) in [5.41, 5.74) is 0.101. The molecule has 186 valence electrons. The number of hydrogen-bond donors (Lipinski definition) is 2. The van der Waals surface area contributed by atoms with E-state index in [0.717, 1.165) is 24.3 Å². The zero-order chi connectivity index (χ0) is 24.3. The summed E-state index contributed by atoms with van der Waals surface area (Å²) >= 11 is 1.52. The largest absolute Gasteiger partial charge is 0.477 e. The van der Waals surface area contributed by atoms with Crippen LogP contribution in [0.4, 0.5) is 0 Å². The average molecular weight is 490 g/mol. The predicted molar refractivity (Wildman–Crippen MR) is 128 cm³/mol. The fourth-order valence-electron chi connectivity index (χ4n) is 6.95. The molecule has 0 spiro atoms. The molecule has 0 aromatic heterocycles. The van der Waals surface area contributed by atoms with Gasteiger partial charge in [-0.15, -0.1) is 11.8 Å². The first-order chi connectivity index (χ1) is 16.2. The van der Waals surface area contributed by atoms with Crippen molar-refractivity contribution in [1.29, 1.82) is 0 Å². The number of piperidine rings is 1. The molecule has 4 fully saturated rings. The lowest BCUT2D eigenvalue weighted by Gasteiger charge is -2.47. The molecule has 4 aliphatic heterocycles. The number of likely N-dealkylation sites (tertiary alicyclic amines) is 1. The van der Waals surface area contributed by atoms with Crippen LogP contribution in [0.2, 0.25) is 0 Å². The number of carboxylic acid groups (broad SMARTS) is 1. The molecule has 8 nitrogen and oxygen atoms in total. The summed E-state index contributed by atoms with van der Waals surface area (Å²) in [7, 11) is 0. The molecule has 2 N–H and O–H groups in total. The van der Waals surface area contributed by atoms with Crippen LogP contribution in [-0.2, 0) is 19.2 Å². The first-order valence-electron chi connectivity index (χ1n) is 12.7. The molecule has 2 bridgehead atoms. The number of carbonyl (C=O) groups excluding carboxylic acids is 3. The Morgan fingerprint density at radius 1 is 1.24 bits per heavy atom. The summed E-state index contributed by atoms with van der Waals surface area (Å²) in [6.07, 6.45) is 4.95. The lowest BCUT2D eigenvalue weighted by Crippen LogP contribution is -2.62. The molecule has 5 rings (SSSR count). The molecule has 3 saturated heterocycles. The summed E-state index contributed by atoms with van der Waals surface area (Å²) in [4.78, 5) is 54.5. The third kappa shape index (κ3) is 3.79. The van der Waals surface area contributed by atoms with Crippen LogP contribution in [-0.4, -0.2) is 74.9 Å². The Labute approximate surface area is 204 Å². The lowest BCUT2D eigenvalue weighted by atomic mass is 9.73. The van der Waals surface area contributed by atoms with Gasteiger partial charge in [0.1, 0.15) is 11.5 Å². The van der Waals surface area contributed by atoms with E-state index >= 15 is 0 Å². The van der Waals surface area contributed by atoms with Gasteiger partial charge in [-0.2, -0.15) is 0 Å². The zero-order valence-corrected chi connectivity index (χ0v) is 21.0. The van der Waals surface area contributed by atoms with E-state index in [9.17, 15) is 24.3 Å². The topological polar surface area (TPSA) is 107 Å². The summed E-state index contributed by atoms with van der Waals surface area (Å²) < 4.78 is 0. The molecule has 9 heteroatoms.